The third-order valence-electron chi connectivity index (χ3n) is 3.68. The van der Waals surface area contributed by atoms with Gasteiger partial charge in [0.15, 0.2) is 0 Å². The molecule has 0 radical (unpaired) electrons. The predicted molar refractivity (Wildman–Crippen MR) is 83.5 cm³/mol. The Kier molecular flexibility index (Phi) is 7.26. The molecule has 0 aromatic heterocycles. The summed E-state index contributed by atoms with van der Waals surface area (Å²) in [6.45, 7) is 10.1. The maximum Gasteiger partial charge on any atom is 0.239 e. The molecule has 4 heteroatoms. The molecule has 0 heterocycles. The lowest BCUT2D eigenvalue weighted by atomic mass is 10.0. The third-order valence-corrected chi connectivity index (χ3v) is 3.68. The highest BCUT2D eigenvalue weighted by atomic mass is 16.1. The van der Waals surface area contributed by atoms with Crippen molar-refractivity contribution in [3.05, 3.63) is 35.4 Å². The van der Waals surface area contributed by atoms with Crippen LogP contribution in [0.25, 0.3) is 0 Å². The molecule has 1 aromatic rings. The maximum absolute atomic E-state index is 11.6. The van der Waals surface area contributed by atoms with E-state index < -0.39 is 6.04 Å². The average Bonchev–Trinajstić information content (AvgIpc) is 2.47. The zero-order valence-electron chi connectivity index (χ0n) is 12.9. The van der Waals surface area contributed by atoms with Gasteiger partial charge in [-0.1, -0.05) is 45.0 Å². The van der Waals surface area contributed by atoms with Crippen LogP contribution in [0, 0.1) is 0 Å². The molecular weight excluding hydrogens is 250 g/mol. The summed E-state index contributed by atoms with van der Waals surface area (Å²) < 4.78 is 0. The average molecular weight is 277 g/mol. The summed E-state index contributed by atoms with van der Waals surface area (Å²) in [5, 5.41) is 3.26. The van der Waals surface area contributed by atoms with E-state index in [9.17, 15) is 4.79 Å². The van der Waals surface area contributed by atoms with Crippen molar-refractivity contribution in [3.63, 3.8) is 0 Å². The molecule has 0 saturated carbocycles. The van der Waals surface area contributed by atoms with E-state index >= 15 is 0 Å². The van der Waals surface area contributed by atoms with Crippen molar-refractivity contribution in [2.45, 2.75) is 33.2 Å². The van der Waals surface area contributed by atoms with Gasteiger partial charge in [-0.05, 0) is 30.6 Å². The zero-order valence-corrected chi connectivity index (χ0v) is 12.9. The Morgan fingerprint density at radius 2 is 1.80 bits per heavy atom. The van der Waals surface area contributed by atoms with E-state index in [1.165, 1.54) is 5.56 Å². The Balaban J connectivity index is 2.62. The second kappa shape index (κ2) is 8.72. The van der Waals surface area contributed by atoms with Crippen molar-refractivity contribution in [1.29, 1.82) is 0 Å². The fraction of sp³-hybridized carbons (Fsp3) is 0.562. The lowest BCUT2D eigenvalue weighted by Gasteiger charge is -2.21. The number of carbonyl (C=O) groups excluding carboxylic acids is 1. The number of hydrogen-bond donors (Lipinski definition) is 2. The Hall–Kier alpha value is -1.39. The van der Waals surface area contributed by atoms with Gasteiger partial charge in [-0.15, -0.1) is 0 Å². The highest BCUT2D eigenvalue weighted by Crippen LogP contribution is 2.14. The summed E-state index contributed by atoms with van der Waals surface area (Å²) in [6, 6.07) is 7.67. The molecule has 0 spiro atoms. The van der Waals surface area contributed by atoms with Crippen LogP contribution in [-0.4, -0.2) is 37.0 Å². The van der Waals surface area contributed by atoms with Crippen molar-refractivity contribution in [3.8, 4) is 0 Å². The first-order valence-electron chi connectivity index (χ1n) is 7.46. The molecule has 0 bridgehead atoms. The Morgan fingerprint density at radius 1 is 1.20 bits per heavy atom. The summed E-state index contributed by atoms with van der Waals surface area (Å²) in [4.78, 5) is 13.9. The van der Waals surface area contributed by atoms with Gasteiger partial charge in [-0.3, -0.25) is 4.79 Å². The number of rotatable bonds is 9. The van der Waals surface area contributed by atoms with E-state index in [-0.39, 0.29) is 5.91 Å². The fourth-order valence-electron chi connectivity index (χ4n) is 2.24. The second-order valence-corrected chi connectivity index (χ2v) is 4.91. The first-order valence-corrected chi connectivity index (χ1v) is 7.46. The predicted octanol–water partition coefficient (Wildman–Crippen LogP) is 1.71. The molecular formula is C16H27N3O. The minimum absolute atomic E-state index is 0.325. The molecule has 0 aliphatic rings. The molecule has 1 unspecified atom stereocenters. The van der Waals surface area contributed by atoms with Crippen molar-refractivity contribution >= 4 is 5.91 Å². The highest BCUT2D eigenvalue weighted by Gasteiger charge is 2.16. The lowest BCUT2D eigenvalue weighted by Crippen LogP contribution is -2.38. The molecule has 0 aliphatic carbocycles. The summed E-state index contributed by atoms with van der Waals surface area (Å²) in [7, 11) is 0. The molecule has 20 heavy (non-hydrogen) atoms. The van der Waals surface area contributed by atoms with Crippen LogP contribution in [0.1, 0.15) is 37.9 Å². The van der Waals surface area contributed by atoms with Crippen LogP contribution < -0.4 is 11.1 Å². The Morgan fingerprint density at radius 3 is 2.25 bits per heavy atom. The van der Waals surface area contributed by atoms with E-state index in [1.54, 1.807) is 0 Å². The smallest absolute Gasteiger partial charge is 0.239 e. The molecule has 0 aliphatic heterocycles. The van der Waals surface area contributed by atoms with Crippen LogP contribution in [0.3, 0.4) is 0 Å². The summed E-state index contributed by atoms with van der Waals surface area (Å²) in [5.41, 5.74) is 7.71. The normalized spacial score (nSPS) is 12.6. The molecule has 0 saturated heterocycles. The maximum atomic E-state index is 11.6. The van der Waals surface area contributed by atoms with Crippen molar-refractivity contribution in [2.75, 3.05) is 26.2 Å². The molecule has 1 atom stereocenters. The van der Waals surface area contributed by atoms with Gasteiger partial charge < -0.3 is 16.0 Å². The third kappa shape index (κ3) is 4.94. The largest absolute Gasteiger partial charge is 0.368 e. The Bertz CT molecular complexity index is 399. The van der Waals surface area contributed by atoms with Crippen molar-refractivity contribution in [1.82, 2.24) is 10.2 Å². The van der Waals surface area contributed by atoms with Crippen LogP contribution in [-0.2, 0) is 11.2 Å². The highest BCUT2D eigenvalue weighted by molar-refractivity contribution is 5.81. The van der Waals surface area contributed by atoms with E-state index in [0.29, 0.717) is 0 Å². The van der Waals surface area contributed by atoms with E-state index in [1.807, 2.05) is 12.1 Å². The number of nitrogens with one attached hydrogen (secondary N) is 1. The first kappa shape index (κ1) is 16.7. The number of amides is 1. The molecule has 3 N–H and O–H groups in total. The SMILES string of the molecule is CCc1ccc(C(NCCN(CC)CC)C(N)=O)cc1. The number of aryl methyl sites for hydroxylation is 1. The van der Waals surface area contributed by atoms with Crippen LogP contribution in [0.4, 0.5) is 0 Å². The van der Waals surface area contributed by atoms with Gasteiger partial charge in [0, 0.05) is 13.1 Å². The van der Waals surface area contributed by atoms with Crippen LogP contribution in [0.5, 0.6) is 0 Å². The van der Waals surface area contributed by atoms with Gasteiger partial charge >= 0.3 is 0 Å². The zero-order chi connectivity index (χ0) is 15.0. The topological polar surface area (TPSA) is 58.4 Å². The fourth-order valence-corrected chi connectivity index (χ4v) is 2.24. The number of benzene rings is 1. The summed E-state index contributed by atoms with van der Waals surface area (Å²) in [6.07, 6.45) is 0.997. The number of primary amides is 1. The van der Waals surface area contributed by atoms with Gasteiger partial charge in [0.05, 0.1) is 0 Å². The van der Waals surface area contributed by atoms with E-state index in [2.05, 4.69) is 43.1 Å². The molecule has 0 fully saturated rings. The van der Waals surface area contributed by atoms with Crippen LogP contribution in [0.15, 0.2) is 24.3 Å². The standard InChI is InChI=1S/C16H27N3O/c1-4-13-7-9-14(10-8-13)15(16(17)20)18-11-12-19(5-2)6-3/h7-10,15,18H,4-6,11-12H2,1-3H3,(H2,17,20). The first-order chi connectivity index (χ1) is 9.62. The number of nitrogens with two attached hydrogens (primary N) is 1. The van der Waals surface area contributed by atoms with Crippen LogP contribution in [0.2, 0.25) is 0 Å². The Labute approximate surface area is 122 Å². The van der Waals surface area contributed by atoms with Gasteiger partial charge in [0.1, 0.15) is 6.04 Å². The molecule has 4 nitrogen and oxygen atoms in total. The second-order valence-electron chi connectivity index (χ2n) is 4.91. The number of nitrogens with zero attached hydrogens (tertiary/aromatic N) is 1. The summed E-state index contributed by atoms with van der Waals surface area (Å²) in [5.74, 6) is -0.325. The van der Waals surface area contributed by atoms with E-state index in [4.69, 9.17) is 5.73 Å². The van der Waals surface area contributed by atoms with Gasteiger partial charge in [-0.25, -0.2) is 0 Å². The minimum atomic E-state index is -0.406. The molecule has 1 amide bonds. The van der Waals surface area contributed by atoms with E-state index in [0.717, 1.165) is 38.2 Å². The molecule has 1 aromatic carbocycles. The lowest BCUT2D eigenvalue weighted by molar-refractivity contribution is -0.120. The molecule has 112 valence electrons. The van der Waals surface area contributed by atoms with Crippen molar-refractivity contribution in [2.24, 2.45) is 5.73 Å². The van der Waals surface area contributed by atoms with Gasteiger partial charge in [0.25, 0.3) is 0 Å². The monoisotopic (exact) mass is 277 g/mol. The minimum Gasteiger partial charge on any atom is -0.368 e. The number of likely N-dealkylation sites (N-methyl/N-ethyl adjacent to an activating group) is 1. The number of hydrogen-bond acceptors (Lipinski definition) is 3. The quantitative estimate of drug-likeness (QED) is 0.722. The van der Waals surface area contributed by atoms with Crippen molar-refractivity contribution < 1.29 is 4.79 Å². The van der Waals surface area contributed by atoms with Gasteiger partial charge in [0.2, 0.25) is 5.91 Å². The molecule has 1 rings (SSSR count). The summed E-state index contributed by atoms with van der Waals surface area (Å²) >= 11 is 0. The van der Waals surface area contributed by atoms with Crippen LogP contribution >= 0.6 is 0 Å². The number of carbonyl (C=O) groups is 1. The van der Waals surface area contributed by atoms with Gasteiger partial charge in [-0.2, -0.15) is 0 Å².